The number of aromatic hydroxyl groups is 1. The quantitative estimate of drug-likeness (QED) is 0.456. The van der Waals surface area contributed by atoms with Crippen molar-refractivity contribution in [2.24, 2.45) is 14.1 Å². The minimum atomic E-state index is -0.658. The summed E-state index contributed by atoms with van der Waals surface area (Å²) in [5, 5.41) is 10.8. The number of nitrogens with zero attached hydrogens (tertiary/aromatic N) is 3. The highest BCUT2D eigenvalue weighted by Gasteiger charge is 2.34. The van der Waals surface area contributed by atoms with Gasteiger partial charge in [-0.2, -0.15) is 0 Å². The molecule has 1 aliphatic heterocycles. The molecule has 4 aromatic rings. The molecule has 0 amide bonds. The maximum atomic E-state index is 13.5. The maximum absolute atomic E-state index is 13.5. The Morgan fingerprint density at radius 2 is 1.58 bits per heavy atom. The Bertz CT molecular complexity index is 1570. The number of benzene rings is 2. The van der Waals surface area contributed by atoms with Crippen molar-refractivity contribution in [3.63, 3.8) is 0 Å². The highest BCUT2D eigenvalue weighted by molar-refractivity contribution is 5.96. The van der Waals surface area contributed by atoms with E-state index in [0.29, 0.717) is 46.8 Å². The van der Waals surface area contributed by atoms with Gasteiger partial charge in [-0.05, 0) is 47.5 Å². The Hall–Kier alpha value is -4.18. The molecule has 1 unspecified atom stereocenters. The summed E-state index contributed by atoms with van der Waals surface area (Å²) in [5.41, 5.74) is 2.48. The lowest BCUT2D eigenvalue weighted by molar-refractivity contribution is 0.0475. The molecule has 0 bridgehead atoms. The van der Waals surface area contributed by atoms with Gasteiger partial charge in [0.15, 0.2) is 11.5 Å². The zero-order valence-corrected chi connectivity index (χ0v) is 20.7. The fourth-order valence-electron chi connectivity index (χ4n) is 4.95. The van der Waals surface area contributed by atoms with Gasteiger partial charge in [0.1, 0.15) is 11.9 Å². The third-order valence-corrected chi connectivity index (χ3v) is 6.72. The van der Waals surface area contributed by atoms with Crippen LogP contribution in [0.1, 0.15) is 17.4 Å². The first-order valence-corrected chi connectivity index (χ1v) is 11.3. The van der Waals surface area contributed by atoms with E-state index < -0.39 is 11.8 Å². The van der Waals surface area contributed by atoms with Gasteiger partial charge in [0.05, 0.1) is 50.2 Å². The monoisotopic (exact) mass is 493 g/mol. The zero-order valence-electron chi connectivity index (χ0n) is 20.7. The molecule has 0 aliphatic carbocycles. The van der Waals surface area contributed by atoms with Crippen LogP contribution < -0.4 is 25.5 Å². The van der Waals surface area contributed by atoms with Gasteiger partial charge in [-0.25, -0.2) is 4.79 Å². The Labute approximate surface area is 206 Å². The molecule has 1 aliphatic rings. The number of ether oxygens (including phenoxy) is 4. The zero-order chi connectivity index (χ0) is 25.7. The number of phenolic OH excluding ortho intramolecular Hbond substituents is 1. The third kappa shape index (κ3) is 3.36. The van der Waals surface area contributed by atoms with Crippen LogP contribution in [0.25, 0.3) is 22.2 Å². The Morgan fingerprint density at radius 3 is 2.17 bits per heavy atom. The van der Waals surface area contributed by atoms with E-state index in [1.807, 2.05) is 28.8 Å². The van der Waals surface area contributed by atoms with E-state index in [4.69, 9.17) is 18.9 Å². The number of methoxy groups -OCH3 is 3. The first-order chi connectivity index (χ1) is 17.3. The van der Waals surface area contributed by atoms with Crippen molar-refractivity contribution in [2.75, 3.05) is 27.9 Å². The number of rotatable bonds is 5. The average Bonchev–Trinajstić information content (AvgIpc) is 3.26. The number of phenols is 1. The van der Waals surface area contributed by atoms with E-state index >= 15 is 0 Å². The number of hydrogen-bond acceptors (Lipinski definition) is 7. The molecule has 1 atom stereocenters. The molecular formula is C26H27N3O7. The topological polar surface area (TPSA) is 106 Å². The van der Waals surface area contributed by atoms with Crippen molar-refractivity contribution in [3.05, 3.63) is 68.5 Å². The second-order valence-electron chi connectivity index (χ2n) is 8.57. The van der Waals surface area contributed by atoms with Crippen LogP contribution in [0.3, 0.4) is 0 Å². The van der Waals surface area contributed by atoms with Crippen LogP contribution >= 0.6 is 0 Å². The molecule has 1 N–H and O–H groups in total. The molecule has 0 saturated heterocycles. The molecule has 2 aromatic heterocycles. The van der Waals surface area contributed by atoms with Crippen LogP contribution in [0.4, 0.5) is 0 Å². The van der Waals surface area contributed by atoms with Crippen molar-refractivity contribution in [2.45, 2.75) is 12.6 Å². The fourth-order valence-corrected chi connectivity index (χ4v) is 4.95. The van der Waals surface area contributed by atoms with E-state index in [2.05, 4.69) is 0 Å². The highest BCUT2D eigenvalue weighted by atomic mass is 16.5. The van der Waals surface area contributed by atoms with E-state index in [9.17, 15) is 14.7 Å². The summed E-state index contributed by atoms with van der Waals surface area (Å²) in [4.78, 5) is 26.5. The van der Waals surface area contributed by atoms with Crippen LogP contribution in [0.5, 0.6) is 23.0 Å². The summed E-state index contributed by atoms with van der Waals surface area (Å²) in [7, 11) is 7.62. The van der Waals surface area contributed by atoms with Crippen molar-refractivity contribution in [1.29, 1.82) is 0 Å². The second-order valence-corrected chi connectivity index (χ2v) is 8.57. The van der Waals surface area contributed by atoms with E-state index in [-0.39, 0.29) is 22.8 Å². The van der Waals surface area contributed by atoms with Gasteiger partial charge in [0.25, 0.3) is 5.56 Å². The first-order valence-electron chi connectivity index (χ1n) is 11.3. The molecule has 0 radical (unpaired) electrons. The molecule has 10 nitrogen and oxygen atoms in total. The molecular weight excluding hydrogens is 466 g/mol. The standard InChI is InChI=1S/C26H27N3O7/c1-27-21-19(25(31)28(2)26(27)32)20(14-6-8-16(33-3)9-7-14)29-10-11-36-24(22(21)29)15-12-17(34-4)23(30)18(13-15)35-5/h6-9,12-13,24,30H,10-11H2,1-5H3. The van der Waals surface area contributed by atoms with Gasteiger partial charge in [-0.3, -0.25) is 13.9 Å². The Morgan fingerprint density at radius 1 is 0.944 bits per heavy atom. The van der Waals surface area contributed by atoms with Crippen LogP contribution in [0.15, 0.2) is 46.0 Å². The lowest BCUT2D eigenvalue weighted by Gasteiger charge is -2.28. The van der Waals surface area contributed by atoms with Crippen molar-refractivity contribution < 1.29 is 24.1 Å². The summed E-state index contributed by atoms with van der Waals surface area (Å²) in [5.74, 6) is 1.01. The molecule has 188 valence electrons. The van der Waals surface area contributed by atoms with E-state index in [1.54, 1.807) is 26.3 Å². The maximum Gasteiger partial charge on any atom is 0.331 e. The molecule has 0 saturated carbocycles. The Kier molecular flexibility index (Phi) is 5.76. The van der Waals surface area contributed by atoms with Gasteiger partial charge in [-0.15, -0.1) is 0 Å². The molecule has 10 heteroatoms. The predicted octanol–water partition coefficient (Wildman–Crippen LogP) is 2.56. The van der Waals surface area contributed by atoms with Crippen LogP contribution in [-0.2, 0) is 25.4 Å². The van der Waals surface area contributed by atoms with Gasteiger partial charge in [0, 0.05) is 20.6 Å². The lowest BCUT2D eigenvalue weighted by atomic mass is 10.0. The lowest BCUT2D eigenvalue weighted by Crippen LogP contribution is -2.37. The number of fused-ring (bicyclic) bond motifs is 3. The van der Waals surface area contributed by atoms with Gasteiger partial charge in [-0.1, -0.05) is 0 Å². The van der Waals surface area contributed by atoms with Crippen molar-refractivity contribution in [3.8, 4) is 34.3 Å². The fraction of sp³-hybridized carbons (Fsp3) is 0.308. The molecule has 2 aromatic carbocycles. The number of aryl methyl sites for hydroxylation is 1. The van der Waals surface area contributed by atoms with Crippen LogP contribution in [-0.4, -0.2) is 46.7 Å². The molecule has 0 spiro atoms. The molecule has 36 heavy (non-hydrogen) atoms. The highest BCUT2D eigenvalue weighted by Crippen LogP contribution is 2.45. The minimum Gasteiger partial charge on any atom is -0.502 e. The molecule has 3 heterocycles. The first kappa shape index (κ1) is 23.6. The van der Waals surface area contributed by atoms with Crippen LogP contribution in [0, 0.1) is 0 Å². The Balaban J connectivity index is 1.89. The third-order valence-electron chi connectivity index (χ3n) is 6.72. The second kappa shape index (κ2) is 8.80. The normalized spacial score (nSPS) is 15.1. The van der Waals surface area contributed by atoms with Gasteiger partial charge in [0.2, 0.25) is 5.75 Å². The number of hydrogen-bond donors (Lipinski definition) is 1. The van der Waals surface area contributed by atoms with Crippen molar-refractivity contribution in [1.82, 2.24) is 13.7 Å². The summed E-state index contributed by atoms with van der Waals surface area (Å²) >= 11 is 0. The van der Waals surface area contributed by atoms with E-state index in [0.717, 1.165) is 10.1 Å². The van der Waals surface area contributed by atoms with Crippen molar-refractivity contribution >= 4 is 10.9 Å². The molecule has 5 rings (SSSR count). The van der Waals surface area contributed by atoms with Gasteiger partial charge < -0.3 is 28.6 Å². The molecule has 0 fully saturated rings. The summed E-state index contributed by atoms with van der Waals surface area (Å²) < 4.78 is 26.9. The number of aromatic nitrogens is 3. The minimum absolute atomic E-state index is 0.125. The predicted molar refractivity (Wildman–Crippen MR) is 133 cm³/mol. The van der Waals surface area contributed by atoms with Crippen LogP contribution in [0.2, 0.25) is 0 Å². The van der Waals surface area contributed by atoms with Gasteiger partial charge >= 0.3 is 5.69 Å². The van der Waals surface area contributed by atoms with E-state index in [1.165, 1.54) is 25.8 Å². The summed E-state index contributed by atoms with van der Waals surface area (Å²) in [6.07, 6.45) is -0.658. The SMILES string of the molecule is COc1ccc(-c2c3c(=O)n(C)c(=O)n(C)c3c3n2CCOC3c2cc(OC)c(O)c(OC)c2)cc1. The average molecular weight is 494 g/mol. The summed E-state index contributed by atoms with van der Waals surface area (Å²) in [6.45, 7) is 0.840. The summed E-state index contributed by atoms with van der Waals surface area (Å²) in [6, 6.07) is 10.8. The largest absolute Gasteiger partial charge is 0.502 e. The smallest absolute Gasteiger partial charge is 0.331 e.